The maximum Gasteiger partial charge on any atom is 0.274 e. The summed E-state index contributed by atoms with van der Waals surface area (Å²) in [7, 11) is 0. The summed E-state index contributed by atoms with van der Waals surface area (Å²) >= 11 is 0. The highest BCUT2D eigenvalue weighted by atomic mass is 16.1. The second-order valence-electron chi connectivity index (χ2n) is 4.12. The highest BCUT2D eigenvalue weighted by Gasteiger charge is 2.06. The van der Waals surface area contributed by atoms with Gasteiger partial charge in [-0.3, -0.25) is 4.79 Å². The molecule has 0 unspecified atom stereocenters. The summed E-state index contributed by atoms with van der Waals surface area (Å²) in [6.07, 6.45) is 1.92. The van der Waals surface area contributed by atoms with Gasteiger partial charge < -0.3 is 0 Å². The smallest absolute Gasteiger partial charge is 0.267 e. The van der Waals surface area contributed by atoms with E-state index in [9.17, 15) is 4.79 Å². The van der Waals surface area contributed by atoms with Gasteiger partial charge in [0.1, 0.15) is 0 Å². The Hall–Kier alpha value is -1.90. The van der Waals surface area contributed by atoms with Gasteiger partial charge in [-0.2, -0.15) is 9.78 Å². The molecule has 2 aromatic rings. The Kier molecular flexibility index (Phi) is 3.38. The van der Waals surface area contributed by atoms with Crippen molar-refractivity contribution in [1.29, 1.82) is 0 Å². The summed E-state index contributed by atoms with van der Waals surface area (Å²) in [6.45, 7) is 3.94. The molecular weight excluding hydrogens is 212 g/mol. The van der Waals surface area contributed by atoms with Crippen LogP contribution < -0.4 is 5.56 Å². The number of aromatic nitrogens is 2. The third-order valence-electron chi connectivity index (χ3n) is 2.65. The summed E-state index contributed by atoms with van der Waals surface area (Å²) in [5, 5.41) is 4.40. The minimum Gasteiger partial charge on any atom is -0.267 e. The second kappa shape index (κ2) is 4.95. The molecule has 0 aliphatic carbocycles. The minimum absolute atomic E-state index is 0.0453. The maximum atomic E-state index is 12.0. The van der Waals surface area contributed by atoms with E-state index in [-0.39, 0.29) is 5.56 Å². The van der Waals surface area contributed by atoms with Crippen LogP contribution in [0.5, 0.6) is 0 Å². The number of benzene rings is 1. The van der Waals surface area contributed by atoms with Crippen molar-refractivity contribution in [1.82, 2.24) is 9.78 Å². The number of hydrogen-bond donors (Lipinski definition) is 0. The average Bonchev–Trinajstić information content (AvgIpc) is 2.35. The number of nitrogens with zero attached hydrogens (tertiary/aromatic N) is 2. The van der Waals surface area contributed by atoms with Crippen molar-refractivity contribution in [2.45, 2.75) is 26.7 Å². The molecule has 0 fully saturated rings. The molecule has 1 aromatic carbocycles. The van der Waals surface area contributed by atoms with Gasteiger partial charge in [-0.05, 0) is 31.5 Å². The lowest BCUT2D eigenvalue weighted by atomic mass is 10.2. The molecule has 3 nitrogen and oxygen atoms in total. The highest BCUT2D eigenvalue weighted by molar-refractivity contribution is 5.31. The van der Waals surface area contributed by atoms with E-state index >= 15 is 0 Å². The quantitative estimate of drug-likeness (QED) is 0.809. The molecule has 0 radical (unpaired) electrons. The van der Waals surface area contributed by atoms with Crippen molar-refractivity contribution in [3.63, 3.8) is 0 Å². The first-order valence-electron chi connectivity index (χ1n) is 5.87. The monoisotopic (exact) mass is 228 g/mol. The molecule has 0 atom stereocenters. The summed E-state index contributed by atoms with van der Waals surface area (Å²) in [5.74, 6) is 0. The molecule has 0 N–H and O–H groups in total. The molecule has 88 valence electrons. The van der Waals surface area contributed by atoms with Gasteiger partial charge in [0.2, 0.25) is 0 Å². The van der Waals surface area contributed by atoms with Crippen molar-refractivity contribution < 1.29 is 0 Å². The SMILES string of the molecule is CCCc1cc(C)c(=O)n(-c2ccccc2)n1. The zero-order chi connectivity index (χ0) is 12.3. The van der Waals surface area contributed by atoms with Crippen molar-refractivity contribution in [2.75, 3.05) is 0 Å². The van der Waals surface area contributed by atoms with Crippen LogP contribution >= 0.6 is 0 Å². The van der Waals surface area contributed by atoms with Gasteiger partial charge >= 0.3 is 0 Å². The predicted octanol–water partition coefficient (Wildman–Crippen LogP) is 2.49. The second-order valence-corrected chi connectivity index (χ2v) is 4.12. The van der Waals surface area contributed by atoms with Gasteiger partial charge in [0.05, 0.1) is 11.4 Å². The zero-order valence-corrected chi connectivity index (χ0v) is 10.2. The van der Waals surface area contributed by atoms with Gasteiger partial charge in [0.15, 0.2) is 0 Å². The Morgan fingerprint density at radius 1 is 1.24 bits per heavy atom. The number of rotatable bonds is 3. The van der Waals surface area contributed by atoms with E-state index in [0.717, 1.165) is 29.8 Å². The lowest BCUT2D eigenvalue weighted by molar-refractivity contribution is 0.735. The van der Waals surface area contributed by atoms with Crippen LogP contribution in [-0.4, -0.2) is 9.78 Å². The number of aryl methyl sites for hydroxylation is 2. The molecule has 0 amide bonds. The molecule has 0 aliphatic rings. The Balaban J connectivity index is 2.57. The van der Waals surface area contributed by atoms with E-state index in [1.165, 1.54) is 4.68 Å². The van der Waals surface area contributed by atoms with E-state index < -0.39 is 0 Å². The molecule has 0 aliphatic heterocycles. The molecule has 0 saturated heterocycles. The lowest BCUT2D eigenvalue weighted by Crippen LogP contribution is -2.24. The largest absolute Gasteiger partial charge is 0.274 e. The Bertz CT molecular complexity index is 558. The van der Waals surface area contributed by atoms with Crippen molar-refractivity contribution in [3.05, 3.63) is 58.0 Å². The van der Waals surface area contributed by atoms with Crippen molar-refractivity contribution >= 4 is 0 Å². The maximum absolute atomic E-state index is 12.0. The fraction of sp³-hybridized carbons (Fsp3) is 0.286. The zero-order valence-electron chi connectivity index (χ0n) is 10.2. The minimum atomic E-state index is -0.0453. The van der Waals surface area contributed by atoms with Crippen LogP contribution in [0.1, 0.15) is 24.6 Å². The standard InChI is InChI=1S/C14H16N2O/c1-3-7-12-10-11(2)14(17)16(15-12)13-8-5-4-6-9-13/h4-6,8-10H,3,7H2,1-2H3. The molecule has 3 heteroatoms. The average molecular weight is 228 g/mol. The predicted molar refractivity (Wildman–Crippen MR) is 68.6 cm³/mol. The summed E-state index contributed by atoms with van der Waals surface area (Å²) in [4.78, 5) is 12.0. The molecule has 1 aromatic heterocycles. The third-order valence-corrected chi connectivity index (χ3v) is 2.65. The first-order valence-corrected chi connectivity index (χ1v) is 5.87. The van der Waals surface area contributed by atoms with Crippen LogP contribution in [0.4, 0.5) is 0 Å². The molecule has 0 bridgehead atoms. The van der Waals surface area contributed by atoms with Crippen LogP contribution in [-0.2, 0) is 6.42 Å². The first kappa shape index (κ1) is 11.6. The van der Waals surface area contributed by atoms with E-state index in [1.807, 2.05) is 43.3 Å². The van der Waals surface area contributed by atoms with Crippen LogP contribution in [0.25, 0.3) is 5.69 Å². The van der Waals surface area contributed by atoms with Crippen LogP contribution in [0, 0.1) is 6.92 Å². The first-order chi connectivity index (χ1) is 8.22. The molecule has 0 spiro atoms. The van der Waals surface area contributed by atoms with Gasteiger partial charge in [-0.25, -0.2) is 0 Å². The van der Waals surface area contributed by atoms with E-state index in [2.05, 4.69) is 12.0 Å². The van der Waals surface area contributed by atoms with Gasteiger partial charge in [0, 0.05) is 5.56 Å². The van der Waals surface area contributed by atoms with Gasteiger partial charge in [0.25, 0.3) is 5.56 Å². The van der Waals surface area contributed by atoms with Crippen molar-refractivity contribution in [2.24, 2.45) is 0 Å². The lowest BCUT2D eigenvalue weighted by Gasteiger charge is -2.08. The molecule has 2 rings (SSSR count). The molecule has 17 heavy (non-hydrogen) atoms. The fourth-order valence-electron chi connectivity index (χ4n) is 1.80. The van der Waals surface area contributed by atoms with Crippen LogP contribution in [0.2, 0.25) is 0 Å². The fourth-order valence-corrected chi connectivity index (χ4v) is 1.80. The molecular formula is C14H16N2O. The van der Waals surface area contributed by atoms with Crippen molar-refractivity contribution in [3.8, 4) is 5.69 Å². The van der Waals surface area contributed by atoms with E-state index in [1.54, 1.807) is 0 Å². The van der Waals surface area contributed by atoms with Gasteiger partial charge in [-0.1, -0.05) is 31.5 Å². The Morgan fingerprint density at radius 3 is 2.59 bits per heavy atom. The molecule has 1 heterocycles. The third kappa shape index (κ3) is 2.44. The summed E-state index contributed by atoms with van der Waals surface area (Å²) in [6, 6.07) is 11.4. The topological polar surface area (TPSA) is 34.9 Å². The Labute approximate surface area is 101 Å². The molecule has 0 saturated carbocycles. The normalized spacial score (nSPS) is 10.5. The van der Waals surface area contributed by atoms with E-state index in [0.29, 0.717) is 0 Å². The Morgan fingerprint density at radius 2 is 1.94 bits per heavy atom. The highest BCUT2D eigenvalue weighted by Crippen LogP contribution is 2.05. The van der Waals surface area contributed by atoms with E-state index in [4.69, 9.17) is 0 Å². The van der Waals surface area contributed by atoms with Crippen LogP contribution in [0.3, 0.4) is 0 Å². The van der Waals surface area contributed by atoms with Crippen LogP contribution in [0.15, 0.2) is 41.2 Å². The number of hydrogen-bond acceptors (Lipinski definition) is 2. The summed E-state index contributed by atoms with van der Waals surface area (Å²) < 4.78 is 1.49. The van der Waals surface area contributed by atoms with Gasteiger partial charge in [-0.15, -0.1) is 0 Å². The number of para-hydroxylation sites is 1. The summed E-state index contributed by atoms with van der Waals surface area (Å²) in [5.41, 5.74) is 2.48.